The highest BCUT2D eigenvalue weighted by Gasteiger charge is 2.19. The second kappa shape index (κ2) is 5.88. The molecule has 1 N–H and O–H groups in total. The van der Waals surface area contributed by atoms with Gasteiger partial charge in [-0.1, -0.05) is 12.1 Å². The van der Waals surface area contributed by atoms with Crippen LogP contribution in [0.5, 0.6) is 0 Å². The Morgan fingerprint density at radius 2 is 2.04 bits per heavy atom. The summed E-state index contributed by atoms with van der Waals surface area (Å²) in [7, 11) is 0. The van der Waals surface area contributed by atoms with Gasteiger partial charge in [-0.25, -0.2) is 0 Å². The lowest BCUT2D eigenvalue weighted by Crippen LogP contribution is -2.17. The van der Waals surface area contributed by atoms with E-state index in [4.69, 9.17) is 4.42 Å². The van der Waals surface area contributed by atoms with Crippen molar-refractivity contribution in [3.05, 3.63) is 52.9 Å². The topological polar surface area (TPSA) is 59.3 Å². The fourth-order valence-electron chi connectivity index (χ4n) is 2.88. The summed E-state index contributed by atoms with van der Waals surface area (Å²) in [5.74, 6) is 0.185. The van der Waals surface area contributed by atoms with Crippen LogP contribution in [-0.4, -0.2) is 18.1 Å². The van der Waals surface area contributed by atoms with Crippen LogP contribution in [0.4, 0.5) is 0 Å². The number of carbonyl (C=O) groups excluding carboxylic acids is 2. The molecule has 1 aliphatic rings. The first-order chi connectivity index (χ1) is 11.0. The quantitative estimate of drug-likeness (QED) is 0.821. The van der Waals surface area contributed by atoms with E-state index in [0.29, 0.717) is 6.54 Å². The molecule has 0 saturated heterocycles. The van der Waals surface area contributed by atoms with E-state index in [1.165, 1.54) is 19.2 Å². The SMILES string of the molecule is CC(=O)/C1=C/NCCc2c(oc3cc(C)ccc23)/C(C)=C/C1=O. The number of benzene rings is 1. The summed E-state index contributed by atoms with van der Waals surface area (Å²) in [4.78, 5) is 23.9. The molecule has 0 radical (unpaired) electrons. The third-order valence-corrected chi connectivity index (χ3v) is 4.06. The first kappa shape index (κ1) is 15.3. The number of aryl methyl sites for hydroxylation is 1. The van der Waals surface area contributed by atoms with Gasteiger partial charge < -0.3 is 9.73 Å². The molecule has 1 aliphatic heterocycles. The number of ketones is 2. The molecule has 1 aromatic carbocycles. The van der Waals surface area contributed by atoms with E-state index in [-0.39, 0.29) is 17.1 Å². The minimum Gasteiger partial charge on any atom is -0.456 e. The number of allylic oxidation sites excluding steroid dienone is 3. The monoisotopic (exact) mass is 309 g/mol. The van der Waals surface area contributed by atoms with Gasteiger partial charge in [0.2, 0.25) is 0 Å². The van der Waals surface area contributed by atoms with E-state index in [2.05, 4.69) is 17.4 Å². The van der Waals surface area contributed by atoms with Gasteiger partial charge in [0.1, 0.15) is 11.3 Å². The largest absolute Gasteiger partial charge is 0.456 e. The summed E-state index contributed by atoms with van der Waals surface area (Å²) in [5.41, 5.74) is 3.96. The van der Waals surface area contributed by atoms with Gasteiger partial charge in [-0.15, -0.1) is 0 Å². The number of nitrogens with one attached hydrogen (secondary N) is 1. The average molecular weight is 309 g/mol. The van der Waals surface area contributed by atoms with Crippen molar-refractivity contribution in [2.75, 3.05) is 6.54 Å². The molecule has 0 bridgehead atoms. The van der Waals surface area contributed by atoms with Crippen molar-refractivity contribution in [1.29, 1.82) is 0 Å². The molecule has 118 valence electrons. The Hall–Kier alpha value is -2.62. The summed E-state index contributed by atoms with van der Waals surface area (Å²) in [6, 6.07) is 6.12. The zero-order valence-electron chi connectivity index (χ0n) is 13.5. The van der Waals surface area contributed by atoms with Gasteiger partial charge in [0.15, 0.2) is 11.6 Å². The predicted octanol–water partition coefficient (Wildman–Crippen LogP) is 3.33. The van der Waals surface area contributed by atoms with Crippen LogP contribution in [0.15, 0.2) is 40.5 Å². The number of fused-ring (bicyclic) bond motifs is 3. The molecule has 4 nitrogen and oxygen atoms in total. The molecule has 1 aromatic heterocycles. The highest BCUT2D eigenvalue weighted by molar-refractivity contribution is 6.24. The molecule has 0 saturated carbocycles. The molecule has 0 fully saturated rings. The summed E-state index contributed by atoms with van der Waals surface area (Å²) >= 11 is 0. The Bertz CT molecular complexity index is 868. The number of carbonyl (C=O) groups is 2. The average Bonchev–Trinajstić information content (AvgIpc) is 2.84. The van der Waals surface area contributed by atoms with Crippen LogP contribution in [0.25, 0.3) is 16.5 Å². The van der Waals surface area contributed by atoms with E-state index in [1.54, 1.807) is 0 Å². The molecule has 23 heavy (non-hydrogen) atoms. The fraction of sp³-hybridized carbons (Fsp3) is 0.263. The Labute approximate surface area is 134 Å². The minimum atomic E-state index is -0.299. The molecule has 3 rings (SSSR count). The summed E-state index contributed by atoms with van der Waals surface area (Å²) in [6.45, 7) is 5.90. The Morgan fingerprint density at radius 1 is 1.26 bits per heavy atom. The second-order valence-electron chi connectivity index (χ2n) is 5.92. The van der Waals surface area contributed by atoms with Crippen LogP contribution in [-0.2, 0) is 16.0 Å². The van der Waals surface area contributed by atoms with Gasteiger partial charge in [-0.05, 0) is 50.5 Å². The third kappa shape index (κ3) is 2.84. The van der Waals surface area contributed by atoms with E-state index in [0.717, 1.165) is 39.9 Å². The maximum atomic E-state index is 12.3. The van der Waals surface area contributed by atoms with E-state index in [9.17, 15) is 9.59 Å². The molecule has 2 heterocycles. The van der Waals surface area contributed by atoms with Gasteiger partial charge >= 0.3 is 0 Å². The zero-order valence-corrected chi connectivity index (χ0v) is 13.5. The normalized spacial score (nSPS) is 20.0. The highest BCUT2D eigenvalue weighted by atomic mass is 16.3. The summed E-state index contributed by atoms with van der Waals surface area (Å²) in [5, 5.41) is 4.14. The number of hydrogen-bond acceptors (Lipinski definition) is 4. The summed E-state index contributed by atoms with van der Waals surface area (Å²) in [6.07, 6.45) is 3.76. The maximum Gasteiger partial charge on any atom is 0.191 e. The lowest BCUT2D eigenvalue weighted by molar-refractivity contribution is -0.118. The van der Waals surface area contributed by atoms with Crippen LogP contribution in [0.1, 0.15) is 30.7 Å². The van der Waals surface area contributed by atoms with Crippen LogP contribution in [0.2, 0.25) is 0 Å². The number of Topliss-reactive ketones (excluding diaryl/α,β-unsaturated/α-hetero) is 1. The molecule has 0 amide bonds. The van der Waals surface area contributed by atoms with Crippen LogP contribution in [0, 0.1) is 6.92 Å². The third-order valence-electron chi connectivity index (χ3n) is 4.06. The van der Waals surface area contributed by atoms with Crippen molar-refractivity contribution < 1.29 is 14.0 Å². The van der Waals surface area contributed by atoms with E-state index in [1.807, 2.05) is 19.9 Å². The molecule has 2 aromatic rings. The van der Waals surface area contributed by atoms with Gasteiger partial charge in [0, 0.05) is 23.7 Å². The lowest BCUT2D eigenvalue weighted by atomic mass is 9.99. The smallest absolute Gasteiger partial charge is 0.191 e. The lowest BCUT2D eigenvalue weighted by Gasteiger charge is -2.08. The van der Waals surface area contributed by atoms with Crippen molar-refractivity contribution in [3.63, 3.8) is 0 Å². The molecular weight excluding hydrogens is 290 g/mol. The molecule has 0 unspecified atom stereocenters. The van der Waals surface area contributed by atoms with E-state index >= 15 is 0 Å². The van der Waals surface area contributed by atoms with Gasteiger partial charge in [0.25, 0.3) is 0 Å². The van der Waals surface area contributed by atoms with Crippen molar-refractivity contribution in [2.24, 2.45) is 0 Å². The second-order valence-corrected chi connectivity index (χ2v) is 5.92. The van der Waals surface area contributed by atoms with Gasteiger partial charge in [0.05, 0.1) is 5.57 Å². The Kier molecular flexibility index (Phi) is 3.90. The standard InChI is InChI=1S/C19H19NO3/c1-11-4-5-14-15-6-7-20-10-16(13(3)21)17(22)9-12(2)19(15)23-18(14)8-11/h4-5,8-10,20H,6-7H2,1-3H3/b12-9+,16-10-. The minimum absolute atomic E-state index is 0.166. The first-order valence-electron chi connectivity index (χ1n) is 7.67. The van der Waals surface area contributed by atoms with Crippen molar-refractivity contribution in [1.82, 2.24) is 5.32 Å². The Morgan fingerprint density at radius 3 is 2.78 bits per heavy atom. The van der Waals surface area contributed by atoms with Crippen LogP contribution < -0.4 is 5.32 Å². The van der Waals surface area contributed by atoms with Gasteiger partial charge in [-0.2, -0.15) is 0 Å². The number of hydrogen-bond donors (Lipinski definition) is 1. The zero-order chi connectivity index (χ0) is 16.6. The first-order valence-corrected chi connectivity index (χ1v) is 7.67. The van der Waals surface area contributed by atoms with Crippen molar-refractivity contribution >= 4 is 28.1 Å². The predicted molar refractivity (Wildman–Crippen MR) is 90.1 cm³/mol. The maximum absolute atomic E-state index is 12.3. The molecule has 0 spiro atoms. The van der Waals surface area contributed by atoms with Crippen molar-refractivity contribution in [3.8, 4) is 0 Å². The molecular formula is C19H19NO3. The Balaban J connectivity index is 2.16. The fourth-order valence-corrected chi connectivity index (χ4v) is 2.88. The van der Waals surface area contributed by atoms with Crippen molar-refractivity contribution in [2.45, 2.75) is 27.2 Å². The van der Waals surface area contributed by atoms with Crippen LogP contribution >= 0.6 is 0 Å². The molecule has 0 aliphatic carbocycles. The molecule has 0 atom stereocenters. The molecule has 4 heteroatoms. The van der Waals surface area contributed by atoms with Gasteiger partial charge in [-0.3, -0.25) is 9.59 Å². The number of furan rings is 1. The summed E-state index contributed by atoms with van der Waals surface area (Å²) < 4.78 is 6.01. The number of rotatable bonds is 1. The van der Waals surface area contributed by atoms with E-state index < -0.39 is 0 Å². The highest BCUT2D eigenvalue weighted by Crippen LogP contribution is 2.32. The van der Waals surface area contributed by atoms with Crippen LogP contribution in [0.3, 0.4) is 0 Å².